The van der Waals surface area contributed by atoms with Gasteiger partial charge in [-0.15, -0.1) is 11.6 Å². The van der Waals surface area contributed by atoms with E-state index in [0.29, 0.717) is 11.8 Å². The van der Waals surface area contributed by atoms with Crippen LogP contribution in [0.4, 0.5) is 0 Å². The number of halogens is 1. The van der Waals surface area contributed by atoms with E-state index in [4.69, 9.17) is 21.1 Å². The van der Waals surface area contributed by atoms with Gasteiger partial charge in [-0.05, 0) is 48.3 Å². The molecule has 1 aromatic carbocycles. The van der Waals surface area contributed by atoms with Crippen LogP contribution in [0.15, 0.2) is 18.2 Å². The van der Waals surface area contributed by atoms with Crippen LogP contribution >= 0.6 is 11.6 Å². The van der Waals surface area contributed by atoms with E-state index in [9.17, 15) is 0 Å². The number of hydrogen-bond acceptors (Lipinski definition) is 2. The lowest BCUT2D eigenvalue weighted by molar-refractivity contribution is 0.228. The Labute approximate surface area is 131 Å². The molecule has 0 bridgehead atoms. The first-order valence-corrected chi connectivity index (χ1v) is 8.71. The van der Waals surface area contributed by atoms with Crippen molar-refractivity contribution in [3.05, 3.63) is 23.8 Å². The Morgan fingerprint density at radius 2 is 1.71 bits per heavy atom. The number of alkyl halides is 1. The molecule has 2 saturated carbocycles. The van der Waals surface area contributed by atoms with Gasteiger partial charge >= 0.3 is 0 Å². The van der Waals surface area contributed by atoms with Gasteiger partial charge in [0, 0.05) is 5.92 Å². The number of hydrogen-bond donors (Lipinski definition) is 0. The zero-order chi connectivity index (χ0) is 14.4. The lowest BCUT2D eigenvalue weighted by atomic mass is 10.0. The predicted octanol–water partition coefficient (Wildman–Crippen LogP) is 4.81. The Hall–Kier alpha value is -0.890. The Morgan fingerprint density at radius 3 is 2.43 bits per heavy atom. The van der Waals surface area contributed by atoms with Gasteiger partial charge in [0.1, 0.15) is 0 Å². The maximum absolute atomic E-state index is 6.79. The quantitative estimate of drug-likeness (QED) is 0.730. The fourth-order valence-electron chi connectivity index (χ4n) is 4.14. The summed E-state index contributed by atoms with van der Waals surface area (Å²) in [7, 11) is 0. The van der Waals surface area contributed by atoms with Gasteiger partial charge in [0.2, 0.25) is 0 Å². The van der Waals surface area contributed by atoms with E-state index in [0.717, 1.165) is 36.5 Å². The van der Waals surface area contributed by atoms with Gasteiger partial charge in [-0.1, -0.05) is 25.8 Å². The van der Waals surface area contributed by atoms with Gasteiger partial charge in [-0.3, -0.25) is 0 Å². The molecular weight excluding hydrogens is 284 g/mol. The smallest absolute Gasteiger partial charge is 0.161 e. The summed E-state index contributed by atoms with van der Waals surface area (Å²) < 4.78 is 11.7. The molecule has 3 aliphatic rings. The summed E-state index contributed by atoms with van der Waals surface area (Å²) in [6.45, 7) is 3.59. The van der Waals surface area contributed by atoms with Crippen LogP contribution in [0.5, 0.6) is 11.5 Å². The SMILES string of the molecule is CC1COc2ccc(C(Cl)C3C4CCCCC43)cc2OC1. The zero-order valence-corrected chi connectivity index (χ0v) is 13.3. The fraction of sp³-hybridized carbons (Fsp3) is 0.667. The molecule has 4 rings (SSSR count). The summed E-state index contributed by atoms with van der Waals surface area (Å²) >= 11 is 6.79. The molecule has 21 heavy (non-hydrogen) atoms. The van der Waals surface area contributed by atoms with Crippen molar-refractivity contribution >= 4 is 11.6 Å². The Morgan fingerprint density at radius 1 is 1.05 bits per heavy atom. The van der Waals surface area contributed by atoms with Crippen molar-refractivity contribution in [2.75, 3.05) is 13.2 Å². The standard InChI is InChI=1S/C18H23ClO2/c1-11-9-20-15-7-6-12(8-16(15)21-10-11)18(19)17-13-4-2-3-5-14(13)17/h6-8,11,13-14,17-18H,2-5,9-10H2,1H3. The Balaban J connectivity index is 1.53. The van der Waals surface area contributed by atoms with Crippen LogP contribution in [0.25, 0.3) is 0 Å². The van der Waals surface area contributed by atoms with Crippen LogP contribution in [0.2, 0.25) is 0 Å². The Bertz CT molecular complexity index is 518. The summed E-state index contributed by atoms with van der Waals surface area (Å²) in [5.41, 5.74) is 1.20. The average Bonchev–Trinajstić information content (AvgIpc) is 3.26. The van der Waals surface area contributed by atoms with Crippen LogP contribution in [-0.2, 0) is 0 Å². The fourth-order valence-corrected chi connectivity index (χ4v) is 4.65. The van der Waals surface area contributed by atoms with Crippen molar-refractivity contribution in [3.63, 3.8) is 0 Å². The lowest BCUT2D eigenvalue weighted by Gasteiger charge is -2.13. The van der Waals surface area contributed by atoms with E-state index < -0.39 is 0 Å². The molecule has 3 heteroatoms. The van der Waals surface area contributed by atoms with Crippen LogP contribution in [0.1, 0.15) is 43.5 Å². The molecule has 1 heterocycles. The van der Waals surface area contributed by atoms with Crippen molar-refractivity contribution in [2.24, 2.45) is 23.7 Å². The topological polar surface area (TPSA) is 18.5 Å². The minimum atomic E-state index is 0.132. The molecule has 0 aromatic heterocycles. The van der Waals surface area contributed by atoms with Crippen molar-refractivity contribution in [3.8, 4) is 11.5 Å². The highest BCUT2D eigenvalue weighted by molar-refractivity contribution is 6.21. The van der Waals surface area contributed by atoms with Crippen molar-refractivity contribution in [2.45, 2.75) is 38.0 Å². The summed E-state index contributed by atoms with van der Waals surface area (Å²) in [6, 6.07) is 6.26. The molecule has 0 N–H and O–H groups in total. The van der Waals surface area contributed by atoms with Gasteiger partial charge in [0.25, 0.3) is 0 Å². The molecule has 0 amide bonds. The molecule has 2 nitrogen and oxygen atoms in total. The number of ether oxygens (including phenoxy) is 2. The maximum atomic E-state index is 6.79. The molecule has 1 aromatic rings. The first-order valence-electron chi connectivity index (χ1n) is 8.27. The Kier molecular flexibility index (Phi) is 3.53. The molecule has 114 valence electrons. The predicted molar refractivity (Wildman–Crippen MR) is 84.1 cm³/mol. The summed E-state index contributed by atoms with van der Waals surface area (Å²) in [5, 5.41) is 0.132. The molecule has 1 aliphatic heterocycles. The zero-order valence-electron chi connectivity index (χ0n) is 12.6. The van der Waals surface area contributed by atoms with E-state index in [-0.39, 0.29) is 5.38 Å². The summed E-state index contributed by atoms with van der Waals surface area (Å²) in [4.78, 5) is 0. The van der Waals surface area contributed by atoms with Crippen molar-refractivity contribution < 1.29 is 9.47 Å². The minimum absolute atomic E-state index is 0.132. The van der Waals surface area contributed by atoms with Gasteiger partial charge in [-0.25, -0.2) is 0 Å². The second-order valence-corrected chi connectivity index (χ2v) is 7.49. The minimum Gasteiger partial charge on any atom is -0.489 e. The third kappa shape index (κ3) is 2.52. The van der Waals surface area contributed by atoms with Gasteiger partial charge in [0.15, 0.2) is 11.5 Å². The molecule has 2 aliphatic carbocycles. The van der Waals surface area contributed by atoms with Crippen LogP contribution in [0.3, 0.4) is 0 Å². The normalized spacial score (nSPS) is 35.5. The highest BCUT2D eigenvalue weighted by atomic mass is 35.5. The average molecular weight is 307 g/mol. The molecule has 0 saturated heterocycles. The van der Waals surface area contributed by atoms with E-state index in [1.807, 2.05) is 6.07 Å². The van der Waals surface area contributed by atoms with E-state index in [2.05, 4.69) is 19.1 Å². The van der Waals surface area contributed by atoms with E-state index in [1.54, 1.807) is 0 Å². The first kappa shape index (κ1) is 13.8. The van der Waals surface area contributed by atoms with Gasteiger partial charge < -0.3 is 9.47 Å². The second kappa shape index (κ2) is 5.39. The van der Waals surface area contributed by atoms with Gasteiger partial charge in [0.05, 0.1) is 18.6 Å². The van der Waals surface area contributed by atoms with Crippen LogP contribution in [0, 0.1) is 23.7 Å². The maximum Gasteiger partial charge on any atom is 0.161 e. The van der Waals surface area contributed by atoms with Crippen molar-refractivity contribution in [1.82, 2.24) is 0 Å². The van der Waals surface area contributed by atoms with E-state index >= 15 is 0 Å². The molecule has 4 atom stereocenters. The van der Waals surface area contributed by atoms with Crippen LogP contribution in [-0.4, -0.2) is 13.2 Å². The monoisotopic (exact) mass is 306 g/mol. The second-order valence-electron chi connectivity index (χ2n) is 7.02. The van der Waals surface area contributed by atoms with Gasteiger partial charge in [-0.2, -0.15) is 0 Å². The number of benzene rings is 1. The van der Waals surface area contributed by atoms with Crippen LogP contribution < -0.4 is 9.47 Å². The largest absolute Gasteiger partial charge is 0.489 e. The highest BCUT2D eigenvalue weighted by Gasteiger charge is 2.54. The molecule has 4 unspecified atom stereocenters. The molecule has 0 radical (unpaired) electrons. The number of rotatable bonds is 2. The number of fused-ring (bicyclic) bond motifs is 2. The highest BCUT2D eigenvalue weighted by Crippen LogP contribution is 2.62. The lowest BCUT2D eigenvalue weighted by Crippen LogP contribution is -2.12. The molecular formula is C18H23ClO2. The third-order valence-electron chi connectivity index (χ3n) is 5.39. The molecule has 0 spiro atoms. The summed E-state index contributed by atoms with van der Waals surface area (Å²) in [5.74, 6) is 4.58. The summed E-state index contributed by atoms with van der Waals surface area (Å²) in [6.07, 6.45) is 5.53. The van der Waals surface area contributed by atoms with E-state index in [1.165, 1.54) is 31.2 Å². The third-order valence-corrected chi connectivity index (χ3v) is 5.94. The van der Waals surface area contributed by atoms with Crippen molar-refractivity contribution in [1.29, 1.82) is 0 Å². The molecule has 2 fully saturated rings. The first-order chi connectivity index (χ1) is 10.2.